The Hall–Kier alpha value is -1.48. The maximum Gasteiger partial charge on any atom is 0.330 e. The van der Waals surface area contributed by atoms with Crippen LogP contribution in [-0.2, 0) is 9.53 Å². The third kappa shape index (κ3) is 3.96. The van der Waals surface area contributed by atoms with E-state index < -0.39 is 0 Å². The molecule has 2 N–H and O–H groups in total. The molecule has 0 atom stereocenters. The molecule has 4 heteroatoms. The van der Waals surface area contributed by atoms with E-state index in [1.54, 1.807) is 18.2 Å². The summed E-state index contributed by atoms with van der Waals surface area (Å²) in [5.41, 5.74) is 7.10. The van der Waals surface area contributed by atoms with Gasteiger partial charge in [0, 0.05) is 11.8 Å². The molecular weight excluding hydrogens is 202 g/mol. The number of methoxy groups -OCH3 is 1. The molecule has 1 rings (SSSR count). The van der Waals surface area contributed by atoms with Gasteiger partial charge >= 0.3 is 5.97 Å². The summed E-state index contributed by atoms with van der Waals surface area (Å²) in [5, 5.41) is 0. The van der Waals surface area contributed by atoms with Crippen LogP contribution in [0.15, 0.2) is 30.3 Å². The van der Waals surface area contributed by atoms with Crippen molar-refractivity contribution >= 4 is 17.7 Å². The predicted molar refractivity (Wildman–Crippen MR) is 51.9 cm³/mol. The molecule has 0 aliphatic rings. The quantitative estimate of drug-likeness (QED) is 0.367. The molecule has 1 aromatic carbocycles. The fourth-order valence-electron chi connectivity index (χ4n) is 0.895. The Balaban J connectivity index is 0.00000169. The van der Waals surface area contributed by atoms with Crippen LogP contribution in [0.2, 0.25) is 0 Å². The number of hydrogen-bond donors (Lipinski definition) is 1. The van der Waals surface area contributed by atoms with Crippen molar-refractivity contribution in [2.45, 2.75) is 0 Å². The summed E-state index contributed by atoms with van der Waals surface area (Å²) in [4.78, 5) is 10.7. The monoisotopic (exact) mass is 212 g/mol. The molecule has 0 bridgehead atoms. The van der Waals surface area contributed by atoms with E-state index in [1.165, 1.54) is 13.2 Å². The standard InChI is InChI=1S/C10H11NO2.ClH/c1-13-10(12)6-5-8-3-2-4-9(11)7-8;/h2-7H,11H2,1H3;1H/p-1/b6-5+;. The van der Waals surface area contributed by atoms with Gasteiger partial charge in [0.05, 0.1) is 7.11 Å². The highest BCUT2D eigenvalue weighted by molar-refractivity contribution is 5.87. The van der Waals surface area contributed by atoms with Crippen molar-refractivity contribution in [1.82, 2.24) is 0 Å². The summed E-state index contributed by atoms with van der Waals surface area (Å²) < 4.78 is 4.45. The van der Waals surface area contributed by atoms with Gasteiger partial charge in [-0.25, -0.2) is 4.79 Å². The molecule has 3 nitrogen and oxygen atoms in total. The molecule has 76 valence electrons. The van der Waals surface area contributed by atoms with Gasteiger partial charge < -0.3 is 22.9 Å². The highest BCUT2D eigenvalue weighted by Crippen LogP contribution is 2.07. The summed E-state index contributed by atoms with van der Waals surface area (Å²) >= 11 is 0. The number of ether oxygens (including phenoxy) is 1. The molecule has 0 aliphatic carbocycles. The van der Waals surface area contributed by atoms with Crippen molar-refractivity contribution in [3.8, 4) is 0 Å². The van der Waals surface area contributed by atoms with Crippen LogP contribution in [-0.4, -0.2) is 13.1 Å². The van der Waals surface area contributed by atoms with E-state index in [1.807, 2.05) is 12.1 Å². The van der Waals surface area contributed by atoms with E-state index in [4.69, 9.17) is 5.73 Å². The highest BCUT2D eigenvalue weighted by atomic mass is 35.5. The van der Waals surface area contributed by atoms with E-state index in [0.29, 0.717) is 5.69 Å². The topological polar surface area (TPSA) is 52.3 Å². The van der Waals surface area contributed by atoms with Gasteiger partial charge in [0.2, 0.25) is 0 Å². The van der Waals surface area contributed by atoms with Crippen LogP contribution in [0.25, 0.3) is 6.08 Å². The zero-order valence-electron chi connectivity index (χ0n) is 7.74. The maximum absolute atomic E-state index is 10.7. The van der Waals surface area contributed by atoms with Gasteiger partial charge in [0.1, 0.15) is 0 Å². The fourth-order valence-corrected chi connectivity index (χ4v) is 0.895. The van der Waals surface area contributed by atoms with E-state index in [2.05, 4.69) is 4.74 Å². The first-order chi connectivity index (χ1) is 6.22. The first-order valence-corrected chi connectivity index (χ1v) is 3.84. The van der Waals surface area contributed by atoms with Gasteiger partial charge in [-0.2, -0.15) is 0 Å². The number of halogens is 1. The number of carbonyl (C=O) groups is 1. The second kappa shape index (κ2) is 6.05. The number of esters is 1. The van der Waals surface area contributed by atoms with Gasteiger partial charge in [-0.3, -0.25) is 0 Å². The molecule has 0 aliphatic heterocycles. The minimum Gasteiger partial charge on any atom is -1.00 e. The summed E-state index contributed by atoms with van der Waals surface area (Å²) in [7, 11) is 1.34. The van der Waals surface area contributed by atoms with Crippen LogP contribution >= 0.6 is 0 Å². The van der Waals surface area contributed by atoms with Crippen LogP contribution in [0.3, 0.4) is 0 Å². The Morgan fingerprint density at radius 1 is 1.50 bits per heavy atom. The Kier molecular flexibility index (Phi) is 5.41. The normalized spacial score (nSPS) is 9.50. The number of rotatable bonds is 2. The van der Waals surface area contributed by atoms with Gasteiger partial charge in [-0.1, -0.05) is 12.1 Å². The zero-order chi connectivity index (χ0) is 9.68. The predicted octanol–water partition coefficient (Wildman–Crippen LogP) is -1.54. The van der Waals surface area contributed by atoms with Crippen molar-refractivity contribution in [2.24, 2.45) is 0 Å². The Labute approximate surface area is 89.0 Å². The average molecular weight is 213 g/mol. The lowest BCUT2D eigenvalue weighted by Gasteiger charge is -1.95. The number of nitrogen functional groups attached to an aromatic ring is 1. The Morgan fingerprint density at radius 2 is 2.21 bits per heavy atom. The molecule has 1 aromatic rings. The highest BCUT2D eigenvalue weighted by Gasteiger charge is 1.91. The number of hydrogen-bond acceptors (Lipinski definition) is 3. The molecule has 0 heterocycles. The maximum atomic E-state index is 10.7. The zero-order valence-corrected chi connectivity index (χ0v) is 8.49. The van der Waals surface area contributed by atoms with E-state index in [0.717, 1.165) is 5.56 Å². The molecular formula is C10H11ClNO2-. The van der Waals surface area contributed by atoms with Gasteiger partial charge in [0.15, 0.2) is 0 Å². The average Bonchev–Trinajstić information content (AvgIpc) is 2.14. The molecule has 0 saturated heterocycles. The second-order valence-corrected chi connectivity index (χ2v) is 2.53. The van der Waals surface area contributed by atoms with E-state index >= 15 is 0 Å². The number of nitrogens with two attached hydrogens (primary N) is 1. The number of benzene rings is 1. The SMILES string of the molecule is COC(=O)/C=C/c1cccc(N)c1.[Cl-]. The molecule has 0 aromatic heterocycles. The van der Waals surface area contributed by atoms with Crippen LogP contribution in [0, 0.1) is 0 Å². The molecule has 0 amide bonds. The first kappa shape index (κ1) is 12.5. The van der Waals surface area contributed by atoms with Crippen molar-refractivity contribution in [3.05, 3.63) is 35.9 Å². The number of anilines is 1. The van der Waals surface area contributed by atoms with Crippen LogP contribution in [0.5, 0.6) is 0 Å². The molecule has 0 unspecified atom stereocenters. The lowest BCUT2D eigenvalue weighted by Crippen LogP contribution is -3.00. The van der Waals surface area contributed by atoms with Crippen molar-refractivity contribution < 1.29 is 21.9 Å². The molecule has 0 fully saturated rings. The second-order valence-electron chi connectivity index (χ2n) is 2.53. The molecule has 0 spiro atoms. The minimum absolute atomic E-state index is 0. The third-order valence-electron chi connectivity index (χ3n) is 1.52. The van der Waals surface area contributed by atoms with Crippen LogP contribution in [0.1, 0.15) is 5.56 Å². The van der Waals surface area contributed by atoms with Crippen molar-refractivity contribution in [3.63, 3.8) is 0 Å². The van der Waals surface area contributed by atoms with Gasteiger partial charge in [0.25, 0.3) is 0 Å². The van der Waals surface area contributed by atoms with E-state index in [9.17, 15) is 4.79 Å². The molecule has 0 saturated carbocycles. The fraction of sp³-hybridized carbons (Fsp3) is 0.100. The van der Waals surface area contributed by atoms with E-state index in [-0.39, 0.29) is 18.4 Å². The van der Waals surface area contributed by atoms with Gasteiger partial charge in [-0.05, 0) is 23.8 Å². The first-order valence-electron chi connectivity index (χ1n) is 3.84. The van der Waals surface area contributed by atoms with Gasteiger partial charge in [-0.15, -0.1) is 0 Å². The summed E-state index contributed by atoms with van der Waals surface area (Å²) in [6.45, 7) is 0. The summed E-state index contributed by atoms with van der Waals surface area (Å²) in [5.74, 6) is -0.373. The smallest absolute Gasteiger partial charge is 0.330 e. The van der Waals surface area contributed by atoms with Crippen molar-refractivity contribution in [1.29, 1.82) is 0 Å². The van der Waals surface area contributed by atoms with Crippen LogP contribution in [0.4, 0.5) is 5.69 Å². The lowest BCUT2D eigenvalue weighted by molar-refractivity contribution is -0.134. The Morgan fingerprint density at radius 3 is 2.79 bits per heavy atom. The third-order valence-corrected chi connectivity index (χ3v) is 1.52. The Bertz CT molecular complexity index is 337. The van der Waals surface area contributed by atoms with Crippen LogP contribution < -0.4 is 18.1 Å². The molecule has 0 radical (unpaired) electrons. The summed E-state index contributed by atoms with van der Waals surface area (Å²) in [6.07, 6.45) is 3.01. The lowest BCUT2D eigenvalue weighted by atomic mass is 10.2. The van der Waals surface area contributed by atoms with Crippen molar-refractivity contribution in [2.75, 3.05) is 12.8 Å². The minimum atomic E-state index is -0.373. The largest absolute Gasteiger partial charge is 1.00 e. The summed E-state index contributed by atoms with van der Waals surface area (Å²) in [6, 6.07) is 7.25. The number of carbonyl (C=O) groups excluding carboxylic acids is 1. The molecule has 14 heavy (non-hydrogen) atoms.